The van der Waals surface area contributed by atoms with E-state index in [1.807, 2.05) is 30.3 Å². The van der Waals surface area contributed by atoms with Gasteiger partial charge in [-0.2, -0.15) is 17.3 Å². The molecule has 0 spiro atoms. The second-order valence-electron chi connectivity index (χ2n) is 9.35. The van der Waals surface area contributed by atoms with E-state index in [0.717, 1.165) is 80.8 Å². The van der Waals surface area contributed by atoms with Gasteiger partial charge in [0, 0.05) is 29.6 Å². The minimum absolute atomic E-state index is 0.0975. The van der Waals surface area contributed by atoms with Gasteiger partial charge in [0.05, 0.1) is 13.0 Å². The molecule has 0 aromatic heterocycles. The summed E-state index contributed by atoms with van der Waals surface area (Å²) >= 11 is 22.0. The molecule has 2 fully saturated rings. The Bertz CT molecular complexity index is 939. The van der Waals surface area contributed by atoms with E-state index in [1.165, 1.54) is 18.2 Å². The molecular formula is C28H36ClN2O3S3Tc+. The van der Waals surface area contributed by atoms with Crippen LogP contribution in [-0.2, 0) is 76.3 Å². The second-order valence-corrected chi connectivity index (χ2v) is 11.0. The molecule has 2 aliphatic rings. The van der Waals surface area contributed by atoms with Crippen LogP contribution in [0, 0.1) is 5.92 Å². The van der Waals surface area contributed by atoms with Gasteiger partial charge >= 0.3 is 28.3 Å². The summed E-state index contributed by atoms with van der Waals surface area (Å²) in [6.07, 6.45) is 3.20. The Balaban J connectivity index is 0.000000274. The average Bonchev–Trinajstić information content (AvgIpc) is 3.21. The fourth-order valence-corrected chi connectivity index (χ4v) is 6.50. The molecule has 2 aromatic carbocycles. The normalized spacial score (nSPS) is 22.2. The Hall–Kier alpha value is -0.381. The molecule has 0 radical (unpaired) electrons. The van der Waals surface area contributed by atoms with Gasteiger partial charge in [-0.15, -0.1) is 0 Å². The average molecular weight is 679 g/mol. The molecule has 38 heavy (non-hydrogen) atoms. The predicted octanol–water partition coefficient (Wildman–Crippen LogP) is 4.46. The molecule has 2 aliphatic heterocycles. The monoisotopic (exact) mass is 678 g/mol. The van der Waals surface area contributed by atoms with Crippen LogP contribution in [0.25, 0.3) is 0 Å². The van der Waals surface area contributed by atoms with Crippen molar-refractivity contribution in [1.29, 1.82) is 0 Å². The van der Waals surface area contributed by atoms with Crippen molar-refractivity contribution >= 4 is 55.5 Å². The van der Waals surface area contributed by atoms with E-state index in [4.69, 9.17) is 57.7 Å². The van der Waals surface area contributed by atoms with Crippen molar-refractivity contribution < 1.29 is 31.9 Å². The van der Waals surface area contributed by atoms with Crippen molar-refractivity contribution in [3.05, 3.63) is 70.7 Å². The Morgan fingerprint density at radius 3 is 2.18 bits per heavy atom. The first kappa shape index (κ1) is 33.8. The maximum Gasteiger partial charge on any atom is 0.0232 e. The number of carbonyl (C=O) groups is 1. The molecule has 0 saturated carbocycles. The molecule has 2 aromatic rings. The topological polar surface area (TPSA) is 49.9 Å². The molecule has 2 bridgehead atoms. The first-order chi connectivity index (χ1) is 18.5. The number of halogens is 1. The van der Waals surface area contributed by atoms with Crippen LogP contribution in [0.2, 0.25) is 5.02 Å². The zero-order valence-electron chi connectivity index (χ0n) is 21.7. The number of ether oxygens (including phenoxy) is 1. The molecule has 0 aliphatic carbocycles. The summed E-state index contributed by atoms with van der Waals surface area (Å²) < 4.78 is 13.3. The quantitative estimate of drug-likeness (QED) is 0.270. The number of fused-ring (bicyclic) bond motifs is 2. The van der Waals surface area contributed by atoms with Crippen LogP contribution in [-0.4, -0.2) is 71.9 Å². The number of piperidine rings is 1. The van der Waals surface area contributed by atoms with Gasteiger partial charge in [-0.3, -0.25) is 9.69 Å². The van der Waals surface area contributed by atoms with Gasteiger partial charge in [0.15, 0.2) is 0 Å². The first-order valence-electron chi connectivity index (χ1n) is 12.8. The van der Waals surface area contributed by atoms with E-state index in [-0.39, 0.29) is 23.8 Å². The van der Waals surface area contributed by atoms with Crippen molar-refractivity contribution in [2.75, 3.05) is 44.0 Å². The molecule has 0 N–H and O–H groups in total. The zero-order chi connectivity index (χ0) is 27.9. The molecular weight excluding hydrogens is 643 g/mol. The molecule has 207 valence electrons. The van der Waals surface area contributed by atoms with Gasteiger partial charge in [-0.1, -0.05) is 54.1 Å². The molecule has 10 heteroatoms. The van der Waals surface area contributed by atoms with Crippen molar-refractivity contribution in [2.45, 2.75) is 43.8 Å². The Kier molecular flexibility index (Phi) is 16.8. The standard InChI is InChI=1S/C17H22ClNO2S.C11H17NS2.O.Tc/c1-21-17(20)16-14(11-2-4-12(18)5-3-11)10-13-6-7-15(16)19(13)8-9-22;13-8-6-12(7-9-14)10-11-4-2-1-3-5-11;;/h2-5,13-16,22H,6-10H2,1H3;1-5,13-14H,6-10H2;;/q;;;+4/p-3/t13?,14-,15?,16+;;;/m1.../s1/i;;;1+1. The molecule has 0 amide bonds. The molecule has 4 atom stereocenters. The van der Waals surface area contributed by atoms with Crippen LogP contribution < -0.4 is 0 Å². The summed E-state index contributed by atoms with van der Waals surface area (Å²) in [5, 5.41) is 0.727. The molecule has 2 saturated heterocycles. The second kappa shape index (κ2) is 18.9. The first-order valence-corrected chi connectivity index (χ1v) is 15.6. The Morgan fingerprint density at radius 2 is 1.63 bits per heavy atom. The fraction of sp³-hybridized carbons (Fsp3) is 0.536. The van der Waals surface area contributed by atoms with E-state index in [0.29, 0.717) is 11.8 Å². The molecule has 4 rings (SSSR count). The van der Waals surface area contributed by atoms with E-state index >= 15 is 0 Å². The van der Waals surface area contributed by atoms with Gasteiger partial charge in [-0.25, -0.2) is 0 Å². The minimum Gasteiger partial charge on any atom is -0.791 e. The van der Waals surface area contributed by atoms with Crippen molar-refractivity contribution in [3.8, 4) is 0 Å². The Morgan fingerprint density at radius 1 is 1.00 bits per heavy atom. The molecule has 5 nitrogen and oxygen atoms in total. The van der Waals surface area contributed by atoms with Crippen LogP contribution >= 0.6 is 11.6 Å². The van der Waals surface area contributed by atoms with Crippen LogP contribution in [0.15, 0.2) is 54.6 Å². The number of methoxy groups -OCH3 is 1. The van der Waals surface area contributed by atoms with E-state index in [1.54, 1.807) is 0 Å². The van der Waals surface area contributed by atoms with Crippen LogP contribution in [0.3, 0.4) is 0 Å². The van der Waals surface area contributed by atoms with E-state index in [2.05, 4.69) is 34.1 Å². The van der Waals surface area contributed by atoms with Crippen molar-refractivity contribution in [3.63, 3.8) is 0 Å². The van der Waals surface area contributed by atoms with Gasteiger partial charge in [0.25, 0.3) is 0 Å². The SMILES string of the molecule is COC(=O)[C@@H]1C2CCC(C[C@@H]1c1ccc(Cl)cc1)N2CC[S-].[O]=[99Tc+4].[S-]CCN(CC[S-])Cc1ccccc1. The smallest absolute Gasteiger partial charge is 0.0232 e. The third kappa shape index (κ3) is 9.91. The summed E-state index contributed by atoms with van der Waals surface area (Å²) in [6, 6.07) is 19.1. The summed E-state index contributed by atoms with van der Waals surface area (Å²) in [5.41, 5.74) is 2.52. The third-order valence-electron chi connectivity index (χ3n) is 7.25. The fourth-order valence-electron chi connectivity index (χ4n) is 5.65. The number of benzene rings is 2. The summed E-state index contributed by atoms with van der Waals surface area (Å²) in [5.74, 6) is 2.28. The maximum atomic E-state index is 12.5. The van der Waals surface area contributed by atoms with Gasteiger partial charge in [0.1, 0.15) is 0 Å². The van der Waals surface area contributed by atoms with Gasteiger partial charge in [0.2, 0.25) is 0 Å². The van der Waals surface area contributed by atoms with E-state index in [9.17, 15) is 4.79 Å². The number of esters is 1. The predicted molar refractivity (Wildman–Crippen MR) is 157 cm³/mol. The number of nitrogens with zero attached hydrogens (tertiary/aromatic N) is 2. The largest absolute Gasteiger partial charge is 0.791 e. The summed E-state index contributed by atoms with van der Waals surface area (Å²) in [6.45, 7) is 3.78. The summed E-state index contributed by atoms with van der Waals surface area (Å²) in [7, 11) is 1.49. The zero-order valence-corrected chi connectivity index (χ0v) is 26.7. The number of hydrogen-bond acceptors (Lipinski definition) is 8. The van der Waals surface area contributed by atoms with Crippen LogP contribution in [0.5, 0.6) is 0 Å². The van der Waals surface area contributed by atoms with Crippen LogP contribution in [0.4, 0.5) is 0 Å². The summed E-state index contributed by atoms with van der Waals surface area (Å²) in [4.78, 5) is 17.2. The van der Waals surface area contributed by atoms with Crippen molar-refractivity contribution in [2.24, 2.45) is 5.92 Å². The Labute approximate surface area is 260 Å². The van der Waals surface area contributed by atoms with Gasteiger partial charge < -0.3 is 47.5 Å². The van der Waals surface area contributed by atoms with Crippen LogP contribution in [0.1, 0.15) is 36.3 Å². The minimum atomic E-state index is -0.105. The maximum absolute atomic E-state index is 12.5. The van der Waals surface area contributed by atoms with Crippen molar-refractivity contribution in [1.82, 2.24) is 9.80 Å². The van der Waals surface area contributed by atoms with E-state index < -0.39 is 0 Å². The molecule has 2 unspecified atom stereocenters. The number of carbonyl (C=O) groups excluding carboxylic acids is 1. The van der Waals surface area contributed by atoms with Gasteiger partial charge in [-0.05, 0) is 62.2 Å². The number of rotatable bonds is 10. The molecule has 2 heterocycles. The third-order valence-corrected chi connectivity index (χ3v) is 8.05. The number of hydrogen-bond donors (Lipinski definition) is 0.